The number of nitrogens with two attached hydrogens (primary N) is 1. The summed E-state index contributed by atoms with van der Waals surface area (Å²) in [4.78, 5) is 12.1. The van der Waals surface area contributed by atoms with Crippen molar-refractivity contribution in [2.45, 2.75) is 0 Å². The fourth-order valence-electron chi connectivity index (χ4n) is 1.50. The lowest BCUT2D eigenvalue weighted by Crippen LogP contribution is -2.12. The summed E-state index contributed by atoms with van der Waals surface area (Å²) in [7, 11) is 0. The highest BCUT2D eigenvalue weighted by molar-refractivity contribution is 9.10. The predicted octanol–water partition coefficient (Wildman–Crippen LogP) is 5.24. The minimum atomic E-state index is -0.350. The van der Waals surface area contributed by atoms with E-state index in [1.54, 1.807) is 18.2 Å². The van der Waals surface area contributed by atoms with Crippen LogP contribution in [0.5, 0.6) is 0 Å². The zero-order valence-electron chi connectivity index (χ0n) is 9.88. The first-order valence-corrected chi connectivity index (χ1v) is 7.32. The number of halogens is 4. The number of nitrogen functional groups attached to an aromatic ring is 1. The molecule has 0 bridgehead atoms. The third kappa shape index (κ3) is 3.38. The maximum absolute atomic E-state index is 12.1. The van der Waals surface area contributed by atoms with Crippen LogP contribution in [0.3, 0.4) is 0 Å². The predicted molar refractivity (Wildman–Crippen MR) is 88.0 cm³/mol. The van der Waals surface area contributed by atoms with Gasteiger partial charge in [-0.2, -0.15) is 0 Å². The highest BCUT2D eigenvalue weighted by Crippen LogP contribution is 2.30. The molecule has 0 unspecified atom stereocenters. The second-order valence-electron chi connectivity index (χ2n) is 3.93. The third-order valence-corrected chi connectivity index (χ3v) is 4.04. The summed E-state index contributed by atoms with van der Waals surface area (Å²) in [6.45, 7) is 0. The molecular weight excluding hydrogens is 386 g/mol. The number of anilines is 2. The molecule has 0 aliphatic rings. The van der Waals surface area contributed by atoms with Gasteiger partial charge in [-0.1, -0.05) is 34.8 Å². The topological polar surface area (TPSA) is 55.1 Å². The number of nitrogens with one attached hydrogen (secondary N) is 1. The first-order chi connectivity index (χ1) is 9.38. The van der Waals surface area contributed by atoms with E-state index < -0.39 is 0 Å². The van der Waals surface area contributed by atoms with Crippen LogP contribution in [-0.4, -0.2) is 5.91 Å². The van der Waals surface area contributed by atoms with Gasteiger partial charge >= 0.3 is 0 Å². The van der Waals surface area contributed by atoms with Crippen molar-refractivity contribution < 1.29 is 4.79 Å². The monoisotopic (exact) mass is 392 g/mol. The highest BCUT2D eigenvalue weighted by Gasteiger charge is 2.12. The highest BCUT2D eigenvalue weighted by atomic mass is 79.9. The van der Waals surface area contributed by atoms with Crippen molar-refractivity contribution in [1.82, 2.24) is 0 Å². The van der Waals surface area contributed by atoms with Crippen molar-refractivity contribution in [1.29, 1.82) is 0 Å². The molecule has 104 valence electrons. The number of benzene rings is 2. The Balaban J connectivity index is 2.28. The van der Waals surface area contributed by atoms with Crippen molar-refractivity contribution in [3.8, 4) is 0 Å². The Hall–Kier alpha value is -0.940. The van der Waals surface area contributed by atoms with Gasteiger partial charge in [-0.25, -0.2) is 0 Å². The molecule has 0 aliphatic heterocycles. The molecule has 0 spiro atoms. The summed E-state index contributed by atoms with van der Waals surface area (Å²) < 4.78 is 0.672. The number of carbonyl (C=O) groups excluding carboxylic acids is 1. The summed E-state index contributed by atoms with van der Waals surface area (Å²) in [5, 5.41) is 3.76. The molecule has 0 saturated carbocycles. The molecule has 0 atom stereocenters. The lowest BCUT2D eigenvalue weighted by atomic mass is 10.2. The largest absolute Gasteiger partial charge is 0.396 e. The smallest absolute Gasteiger partial charge is 0.255 e. The summed E-state index contributed by atoms with van der Waals surface area (Å²) in [5.74, 6) is -0.350. The van der Waals surface area contributed by atoms with Crippen LogP contribution in [0, 0.1) is 0 Å². The van der Waals surface area contributed by atoms with Crippen LogP contribution in [-0.2, 0) is 0 Å². The Kier molecular flexibility index (Phi) is 4.81. The van der Waals surface area contributed by atoms with E-state index in [-0.39, 0.29) is 21.6 Å². The molecule has 7 heteroatoms. The van der Waals surface area contributed by atoms with Gasteiger partial charge in [0.1, 0.15) is 0 Å². The Morgan fingerprint density at radius 1 is 1.10 bits per heavy atom. The summed E-state index contributed by atoms with van der Waals surface area (Å²) in [5.41, 5.74) is 6.78. The van der Waals surface area contributed by atoms with E-state index >= 15 is 0 Å². The van der Waals surface area contributed by atoms with E-state index in [4.69, 9.17) is 40.5 Å². The number of hydrogen-bond donors (Lipinski definition) is 2. The van der Waals surface area contributed by atoms with Crippen LogP contribution in [0.4, 0.5) is 11.4 Å². The van der Waals surface area contributed by atoms with Crippen LogP contribution < -0.4 is 11.1 Å². The van der Waals surface area contributed by atoms with Crippen LogP contribution >= 0.6 is 50.7 Å². The Morgan fingerprint density at radius 2 is 1.70 bits per heavy atom. The van der Waals surface area contributed by atoms with Crippen LogP contribution in [0.2, 0.25) is 15.1 Å². The number of amides is 1. The maximum Gasteiger partial charge on any atom is 0.255 e. The van der Waals surface area contributed by atoms with E-state index in [9.17, 15) is 4.79 Å². The van der Waals surface area contributed by atoms with Crippen molar-refractivity contribution in [3.63, 3.8) is 0 Å². The van der Waals surface area contributed by atoms with E-state index in [0.717, 1.165) is 0 Å². The molecule has 0 heterocycles. The fraction of sp³-hybridized carbons (Fsp3) is 0. The number of rotatable bonds is 2. The van der Waals surface area contributed by atoms with Gasteiger partial charge in [0.05, 0.1) is 21.4 Å². The minimum Gasteiger partial charge on any atom is -0.396 e. The normalized spacial score (nSPS) is 10.4. The van der Waals surface area contributed by atoms with E-state index in [0.29, 0.717) is 20.7 Å². The molecule has 3 nitrogen and oxygen atoms in total. The number of hydrogen-bond acceptors (Lipinski definition) is 2. The standard InChI is InChI=1S/C13H8BrCl3N2O/c14-8-5-7(15)1-2-11(8)19-13(20)6-3-9(16)12(18)10(17)4-6/h1-5H,18H2,(H,19,20). The second kappa shape index (κ2) is 6.22. The quantitative estimate of drug-likeness (QED) is 0.684. The van der Waals surface area contributed by atoms with Gasteiger partial charge < -0.3 is 11.1 Å². The van der Waals surface area contributed by atoms with Crippen LogP contribution in [0.25, 0.3) is 0 Å². The molecule has 2 rings (SSSR count). The first-order valence-electron chi connectivity index (χ1n) is 5.39. The average Bonchev–Trinajstić information content (AvgIpc) is 2.38. The first kappa shape index (κ1) is 15.4. The summed E-state index contributed by atoms with van der Waals surface area (Å²) in [6.07, 6.45) is 0. The summed E-state index contributed by atoms with van der Waals surface area (Å²) in [6, 6.07) is 7.96. The SMILES string of the molecule is Nc1c(Cl)cc(C(=O)Nc2ccc(Cl)cc2Br)cc1Cl. The molecule has 0 radical (unpaired) electrons. The summed E-state index contributed by atoms with van der Waals surface area (Å²) >= 11 is 21.0. The van der Waals surface area contributed by atoms with Gasteiger partial charge in [0, 0.05) is 15.1 Å². The Morgan fingerprint density at radius 3 is 2.25 bits per heavy atom. The number of carbonyl (C=O) groups is 1. The van der Waals surface area contributed by atoms with Crippen molar-refractivity contribution in [2.24, 2.45) is 0 Å². The van der Waals surface area contributed by atoms with E-state index in [1.165, 1.54) is 12.1 Å². The Bertz CT molecular complexity index is 668. The molecule has 3 N–H and O–H groups in total. The van der Waals surface area contributed by atoms with Crippen LogP contribution in [0.1, 0.15) is 10.4 Å². The van der Waals surface area contributed by atoms with Gasteiger partial charge in [-0.3, -0.25) is 4.79 Å². The second-order valence-corrected chi connectivity index (χ2v) is 6.04. The fourth-order valence-corrected chi connectivity index (χ4v) is 2.77. The van der Waals surface area contributed by atoms with Gasteiger partial charge in [0.15, 0.2) is 0 Å². The molecule has 0 saturated heterocycles. The van der Waals surface area contributed by atoms with Crippen molar-refractivity contribution in [3.05, 3.63) is 55.4 Å². The molecule has 0 aliphatic carbocycles. The molecule has 20 heavy (non-hydrogen) atoms. The molecule has 0 aromatic heterocycles. The minimum absolute atomic E-state index is 0.234. The Labute approximate surface area is 139 Å². The third-order valence-electron chi connectivity index (χ3n) is 2.52. The van der Waals surface area contributed by atoms with Gasteiger partial charge in [-0.05, 0) is 46.3 Å². The van der Waals surface area contributed by atoms with Crippen molar-refractivity contribution in [2.75, 3.05) is 11.1 Å². The lowest BCUT2D eigenvalue weighted by Gasteiger charge is -2.09. The van der Waals surface area contributed by atoms with Gasteiger partial charge in [0.2, 0.25) is 0 Å². The molecule has 2 aromatic rings. The van der Waals surface area contributed by atoms with Crippen molar-refractivity contribution >= 4 is 68.0 Å². The average molecular weight is 394 g/mol. The van der Waals surface area contributed by atoms with Gasteiger partial charge in [-0.15, -0.1) is 0 Å². The lowest BCUT2D eigenvalue weighted by molar-refractivity contribution is 0.102. The molecule has 2 aromatic carbocycles. The van der Waals surface area contributed by atoms with E-state index in [2.05, 4.69) is 21.2 Å². The zero-order valence-corrected chi connectivity index (χ0v) is 13.7. The van der Waals surface area contributed by atoms with Crippen LogP contribution in [0.15, 0.2) is 34.8 Å². The van der Waals surface area contributed by atoms with E-state index in [1.807, 2.05) is 0 Å². The molecule has 0 fully saturated rings. The molecular formula is C13H8BrCl3N2O. The molecule has 1 amide bonds. The van der Waals surface area contributed by atoms with Gasteiger partial charge in [0.25, 0.3) is 5.91 Å². The zero-order chi connectivity index (χ0) is 14.9. The maximum atomic E-state index is 12.1.